The summed E-state index contributed by atoms with van der Waals surface area (Å²) in [5.41, 5.74) is -0.547. The Morgan fingerprint density at radius 1 is 1.09 bits per heavy atom. The van der Waals surface area contributed by atoms with E-state index in [2.05, 4.69) is 4.74 Å². The molecule has 6 fully saturated rings. The van der Waals surface area contributed by atoms with Crippen LogP contribution in [-0.2, 0) is 53.0 Å². The van der Waals surface area contributed by atoms with E-state index < -0.39 is 94.1 Å². The van der Waals surface area contributed by atoms with E-state index in [1.807, 2.05) is 6.92 Å². The molecule has 15 heteroatoms. The minimum absolute atomic E-state index is 0.300. The van der Waals surface area contributed by atoms with Crippen molar-refractivity contribution in [3.05, 3.63) is 0 Å². The summed E-state index contributed by atoms with van der Waals surface area (Å²) >= 11 is 0. The highest BCUT2D eigenvalue weighted by molar-refractivity contribution is 7.86. The average molecular weight is 635 g/mol. The van der Waals surface area contributed by atoms with Crippen LogP contribution in [0.2, 0.25) is 0 Å². The molecule has 6 aliphatic rings. The van der Waals surface area contributed by atoms with Gasteiger partial charge in [0.2, 0.25) is 0 Å². The van der Waals surface area contributed by atoms with Gasteiger partial charge >= 0.3 is 39.2 Å². The van der Waals surface area contributed by atoms with Gasteiger partial charge in [0.1, 0.15) is 31.0 Å². The predicted octanol–water partition coefficient (Wildman–Crippen LogP) is 2.28. The van der Waals surface area contributed by atoms with Crippen LogP contribution < -0.4 is 0 Å². The van der Waals surface area contributed by atoms with Gasteiger partial charge in [-0.15, -0.1) is 0 Å². The van der Waals surface area contributed by atoms with Gasteiger partial charge in [0.05, 0.1) is 11.8 Å². The van der Waals surface area contributed by atoms with E-state index in [4.69, 9.17) is 23.5 Å². The first kappa shape index (κ1) is 30.6. The monoisotopic (exact) mass is 634 g/mol. The Bertz CT molecular complexity index is 1300. The van der Waals surface area contributed by atoms with Crippen LogP contribution in [0.5, 0.6) is 0 Å². The molecule has 12 unspecified atom stereocenters. The number of alkyl halides is 2. The Balaban J connectivity index is 1.05. The molecule has 0 spiro atoms. The van der Waals surface area contributed by atoms with Crippen molar-refractivity contribution in [2.24, 2.45) is 47.3 Å². The van der Waals surface area contributed by atoms with Crippen LogP contribution in [0.15, 0.2) is 0 Å². The predicted molar refractivity (Wildman–Crippen MR) is 137 cm³/mol. The van der Waals surface area contributed by atoms with Crippen LogP contribution in [0, 0.1) is 47.3 Å². The van der Waals surface area contributed by atoms with Crippen molar-refractivity contribution in [2.75, 3.05) is 13.2 Å². The highest BCUT2D eigenvalue weighted by atomic mass is 32.2. The number of fused-ring (bicyclic) bond motifs is 6. The minimum Gasteiger partial charge on any atom is -0.459 e. The molecule has 4 bridgehead atoms. The number of carbonyl (C=O) groups excluding carboxylic acids is 4. The second-order valence-electron chi connectivity index (χ2n) is 13.0. The average Bonchev–Trinajstić information content (AvgIpc) is 3.74. The Labute approximate surface area is 247 Å². The van der Waals surface area contributed by atoms with Crippen molar-refractivity contribution in [1.29, 1.82) is 0 Å². The molecule has 1 N–H and O–H groups in total. The standard InChI is InChI=1S/C28H36F2O12S/c1-3-27(9-13-7-18(27)15-6-4-5-14(13)15)42-26(34)22-17-8-16-21(22)25(33)41-24(16)23(17)40-20(32)11-38-10-19(31)39-12(2)28(29,30)43(35,36)37/h12-18,21-24H,3-11H2,1-2H3,(H,35,36,37). The van der Waals surface area contributed by atoms with Crippen molar-refractivity contribution in [3.63, 3.8) is 0 Å². The number of ether oxygens (including phenoxy) is 5. The third-order valence-electron chi connectivity index (χ3n) is 11.1. The summed E-state index contributed by atoms with van der Waals surface area (Å²) in [4.78, 5) is 51.0. The van der Waals surface area contributed by atoms with Gasteiger partial charge in [0.15, 0.2) is 6.10 Å². The fraction of sp³-hybridized carbons (Fsp3) is 0.857. The fourth-order valence-corrected chi connectivity index (χ4v) is 9.93. The normalized spacial score (nSPS) is 41.2. The zero-order valence-corrected chi connectivity index (χ0v) is 24.6. The first-order valence-corrected chi connectivity index (χ1v) is 16.4. The van der Waals surface area contributed by atoms with E-state index in [-0.39, 0.29) is 5.92 Å². The fourth-order valence-electron chi connectivity index (χ4n) is 9.46. The molecular formula is C28H36F2O12S. The van der Waals surface area contributed by atoms with Crippen molar-refractivity contribution in [2.45, 2.75) is 88.0 Å². The second kappa shape index (κ2) is 10.6. The maximum atomic E-state index is 13.8. The van der Waals surface area contributed by atoms with Crippen molar-refractivity contribution in [1.82, 2.24) is 0 Å². The number of rotatable bonds is 11. The van der Waals surface area contributed by atoms with Gasteiger partial charge in [-0.3, -0.25) is 14.1 Å². The Hall–Kier alpha value is -2.39. The lowest BCUT2D eigenvalue weighted by Crippen LogP contribution is -2.49. The largest absolute Gasteiger partial charge is 0.459 e. The molecule has 0 aromatic heterocycles. The zero-order chi connectivity index (χ0) is 31.1. The van der Waals surface area contributed by atoms with Gasteiger partial charge in [-0.25, -0.2) is 9.59 Å². The summed E-state index contributed by atoms with van der Waals surface area (Å²) in [6.45, 7) is 0.823. The molecule has 240 valence electrons. The smallest absolute Gasteiger partial charge is 0.405 e. The van der Waals surface area contributed by atoms with E-state index in [0.29, 0.717) is 43.4 Å². The number of carbonyl (C=O) groups is 4. The van der Waals surface area contributed by atoms with Gasteiger partial charge in [0.25, 0.3) is 0 Å². The lowest BCUT2D eigenvalue weighted by Gasteiger charge is -2.43. The lowest BCUT2D eigenvalue weighted by molar-refractivity contribution is -0.184. The number of esters is 4. The van der Waals surface area contributed by atoms with Crippen LogP contribution in [0.4, 0.5) is 8.78 Å². The molecule has 5 aliphatic carbocycles. The molecule has 5 saturated carbocycles. The maximum Gasteiger partial charge on any atom is 0.405 e. The van der Waals surface area contributed by atoms with Gasteiger partial charge < -0.3 is 23.7 Å². The molecule has 0 radical (unpaired) electrons. The number of hydrogen-bond acceptors (Lipinski definition) is 11. The molecule has 12 nitrogen and oxygen atoms in total. The highest BCUT2D eigenvalue weighted by Gasteiger charge is 2.71. The summed E-state index contributed by atoms with van der Waals surface area (Å²) in [5.74, 6) is -3.42. The van der Waals surface area contributed by atoms with Gasteiger partial charge in [-0.1, -0.05) is 13.3 Å². The van der Waals surface area contributed by atoms with Crippen molar-refractivity contribution in [3.8, 4) is 0 Å². The summed E-state index contributed by atoms with van der Waals surface area (Å²) in [6.07, 6.45) is 2.50. The first-order valence-electron chi connectivity index (χ1n) is 14.9. The first-order chi connectivity index (χ1) is 20.2. The van der Waals surface area contributed by atoms with Crippen molar-refractivity contribution < 1.29 is 64.6 Å². The summed E-state index contributed by atoms with van der Waals surface area (Å²) < 4.78 is 84.0. The Morgan fingerprint density at radius 2 is 1.79 bits per heavy atom. The Kier molecular flexibility index (Phi) is 7.56. The quantitative estimate of drug-likeness (QED) is 0.200. The molecule has 1 aliphatic heterocycles. The maximum absolute atomic E-state index is 13.8. The van der Waals surface area contributed by atoms with E-state index in [1.54, 1.807) is 0 Å². The van der Waals surface area contributed by atoms with Gasteiger partial charge in [-0.05, 0) is 63.2 Å². The molecule has 43 heavy (non-hydrogen) atoms. The van der Waals surface area contributed by atoms with Gasteiger partial charge in [-0.2, -0.15) is 17.2 Å². The molecule has 12 atom stereocenters. The summed E-state index contributed by atoms with van der Waals surface area (Å²) in [5, 5.41) is -4.75. The van der Waals surface area contributed by atoms with Crippen LogP contribution in [-0.4, -0.2) is 79.2 Å². The van der Waals surface area contributed by atoms with Crippen molar-refractivity contribution >= 4 is 34.0 Å². The van der Waals surface area contributed by atoms with E-state index in [9.17, 15) is 36.4 Å². The highest BCUT2D eigenvalue weighted by Crippen LogP contribution is 2.65. The second-order valence-corrected chi connectivity index (χ2v) is 14.5. The molecule has 0 aromatic carbocycles. The minimum atomic E-state index is -5.83. The van der Waals surface area contributed by atoms with Crippen LogP contribution in [0.1, 0.15) is 58.8 Å². The third kappa shape index (κ3) is 4.84. The molecule has 1 saturated heterocycles. The molecule has 0 amide bonds. The third-order valence-corrected chi connectivity index (χ3v) is 12.2. The number of hydrogen-bond donors (Lipinski definition) is 1. The van der Waals surface area contributed by atoms with Crippen LogP contribution in [0.25, 0.3) is 0 Å². The van der Waals surface area contributed by atoms with Crippen LogP contribution >= 0.6 is 0 Å². The zero-order valence-electron chi connectivity index (χ0n) is 23.8. The lowest BCUT2D eigenvalue weighted by atomic mass is 9.71. The van der Waals surface area contributed by atoms with Crippen LogP contribution in [0.3, 0.4) is 0 Å². The SMILES string of the molecule is CCC1(OC(=O)C2C3CC4C(OC(=O)C42)C3OC(=O)COCC(=O)OC(C)C(F)(F)S(=O)(=O)O)CC2CC1C1CCCC21. The molecule has 1 heterocycles. The van der Waals surface area contributed by atoms with E-state index in [1.165, 1.54) is 12.8 Å². The van der Waals surface area contributed by atoms with E-state index in [0.717, 1.165) is 19.3 Å². The molecule has 6 rings (SSSR count). The summed E-state index contributed by atoms with van der Waals surface area (Å²) in [7, 11) is -5.83. The Morgan fingerprint density at radius 3 is 2.49 bits per heavy atom. The van der Waals surface area contributed by atoms with Gasteiger partial charge in [0, 0.05) is 17.8 Å². The van der Waals surface area contributed by atoms with E-state index >= 15 is 0 Å². The number of halogens is 2. The molecular weight excluding hydrogens is 598 g/mol. The summed E-state index contributed by atoms with van der Waals surface area (Å²) in [6, 6.07) is 0. The molecule has 0 aromatic rings. The topological polar surface area (TPSA) is 169 Å².